The van der Waals surface area contributed by atoms with Gasteiger partial charge in [0.1, 0.15) is 5.01 Å². The number of likely N-dealkylation sites (tertiary alicyclic amines) is 1. The maximum atomic E-state index is 12.5. The zero-order valence-electron chi connectivity index (χ0n) is 14.2. The molecule has 2 heterocycles. The lowest BCUT2D eigenvalue weighted by Gasteiger charge is -2.33. The SMILES string of the molecule is Cc1cccc(-c2nc(CC(=O)N3CCC(C(C)O)CC3)cs2)c1. The molecule has 2 aromatic rings. The molecule has 24 heavy (non-hydrogen) atoms. The fourth-order valence-corrected chi connectivity index (χ4v) is 4.01. The van der Waals surface area contributed by atoms with E-state index in [2.05, 4.69) is 30.1 Å². The molecule has 1 fully saturated rings. The summed E-state index contributed by atoms with van der Waals surface area (Å²) in [4.78, 5) is 19.0. The number of rotatable bonds is 4. The molecule has 1 aromatic carbocycles. The average molecular weight is 344 g/mol. The molecule has 0 aliphatic carbocycles. The molecule has 1 aliphatic heterocycles. The smallest absolute Gasteiger partial charge is 0.228 e. The van der Waals surface area contributed by atoms with Gasteiger partial charge in [-0.2, -0.15) is 0 Å². The first-order valence-corrected chi connectivity index (χ1v) is 9.38. The summed E-state index contributed by atoms with van der Waals surface area (Å²) >= 11 is 1.59. The molecular formula is C19H24N2O2S. The van der Waals surface area contributed by atoms with Crippen LogP contribution in [0.5, 0.6) is 0 Å². The number of nitrogens with zero attached hydrogens (tertiary/aromatic N) is 2. The highest BCUT2D eigenvalue weighted by Gasteiger charge is 2.25. The molecule has 4 nitrogen and oxygen atoms in total. The second-order valence-electron chi connectivity index (χ2n) is 6.65. The van der Waals surface area contributed by atoms with Gasteiger partial charge < -0.3 is 10.0 Å². The van der Waals surface area contributed by atoms with Crippen LogP contribution < -0.4 is 0 Å². The monoisotopic (exact) mass is 344 g/mol. The molecule has 1 saturated heterocycles. The zero-order chi connectivity index (χ0) is 17.1. The zero-order valence-corrected chi connectivity index (χ0v) is 15.1. The molecule has 1 aromatic heterocycles. The second-order valence-corrected chi connectivity index (χ2v) is 7.51. The summed E-state index contributed by atoms with van der Waals surface area (Å²) in [6.45, 7) is 5.38. The Kier molecular flexibility index (Phi) is 5.31. The minimum Gasteiger partial charge on any atom is -0.393 e. The van der Waals surface area contributed by atoms with E-state index in [1.807, 2.05) is 23.3 Å². The van der Waals surface area contributed by atoms with Crippen LogP contribution in [-0.4, -0.2) is 40.1 Å². The predicted octanol–water partition coefficient (Wildman–Crippen LogP) is 3.28. The fraction of sp³-hybridized carbons (Fsp3) is 0.474. The topological polar surface area (TPSA) is 53.4 Å². The van der Waals surface area contributed by atoms with Gasteiger partial charge in [0, 0.05) is 24.0 Å². The maximum Gasteiger partial charge on any atom is 0.228 e. The Morgan fingerprint density at radius 3 is 2.83 bits per heavy atom. The van der Waals surface area contributed by atoms with Gasteiger partial charge in [0.15, 0.2) is 0 Å². The first-order valence-electron chi connectivity index (χ1n) is 8.50. The number of carbonyl (C=O) groups excluding carboxylic acids is 1. The van der Waals surface area contributed by atoms with Crippen molar-refractivity contribution in [1.82, 2.24) is 9.88 Å². The number of aliphatic hydroxyl groups is 1. The van der Waals surface area contributed by atoms with Crippen molar-refractivity contribution in [3.05, 3.63) is 40.9 Å². The lowest BCUT2D eigenvalue weighted by atomic mass is 9.92. The number of thiazole rings is 1. The number of amides is 1. The number of aromatic nitrogens is 1. The summed E-state index contributed by atoms with van der Waals surface area (Å²) in [5, 5.41) is 12.6. The van der Waals surface area contributed by atoms with E-state index in [0.717, 1.165) is 42.2 Å². The highest BCUT2D eigenvalue weighted by molar-refractivity contribution is 7.13. The molecule has 3 rings (SSSR count). The third-order valence-electron chi connectivity index (χ3n) is 4.72. The summed E-state index contributed by atoms with van der Waals surface area (Å²) in [5.74, 6) is 0.460. The standard InChI is InChI=1S/C19H24N2O2S/c1-13-4-3-5-16(10-13)19-20-17(12-24-19)11-18(23)21-8-6-15(7-9-21)14(2)22/h3-5,10,12,14-15,22H,6-9,11H2,1-2H3. The number of aliphatic hydroxyl groups excluding tert-OH is 1. The summed E-state index contributed by atoms with van der Waals surface area (Å²) < 4.78 is 0. The molecule has 1 atom stereocenters. The maximum absolute atomic E-state index is 12.5. The van der Waals surface area contributed by atoms with Gasteiger partial charge in [-0.25, -0.2) is 4.98 Å². The Hall–Kier alpha value is -1.72. The van der Waals surface area contributed by atoms with Crippen molar-refractivity contribution in [3.8, 4) is 10.6 Å². The Balaban J connectivity index is 1.60. The number of piperidine rings is 1. The number of benzene rings is 1. The van der Waals surface area contributed by atoms with E-state index < -0.39 is 0 Å². The fourth-order valence-electron chi connectivity index (χ4n) is 3.20. The number of carbonyl (C=O) groups is 1. The van der Waals surface area contributed by atoms with Crippen LogP contribution in [0.25, 0.3) is 10.6 Å². The normalized spacial score (nSPS) is 17.0. The first kappa shape index (κ1) is 17.1. The van der Waals surface area contributed by atoms with Gasteiger partial charge in [-0.1, -0.05) is 23.8 Å². The number of hydrogen-bond acceptors (Lipinski definition) is 4. The van der Waals surface area contributed by atoms with Crippen molar-refractivity contribution in [2.75, 3.05) is 13.1 Å². The van der Waals surface area contributed by atoms with Crippen molar-refractivity contribution in [2.24, 2.45) is 5.92 Å². The molecule has 0 spiro atoms. The molecular weight excluding hydrogens is 320 g/mol. The van der Waals surface area contributed by atoms with Crippen molar-refractivity contribution >= 4 is 17.2 Å². The second kappa shape index (κ2) is 7.45. The third kappa shape index (κ3) is 4.02. The van der Waals surface area contributed by atoms with E-state index in [-0.39, 0.29) is 12.0 Å². The Morgan fingerprint density at radius 2 is 2.17 bits per heavy atom. The van der Waals surface area contributed by atoms with Crippen LogP contribution in [0.1, 0.15) is 31.0 Å². The van der Waals surface area contributed by atoms with Crippen molar-refractivity contribution < 1.29 is 9.90 Å². The summed E-state index contributed by atoms with van der Waals surface area (Å²) in [5.41, 5.74) is 3.16. The molecule has 1 aliphatic rings. The minimum atomic E-state index is -0.280. The summed E-state index contributed by atoms with van der Waals surface area (Å²) in [6.07, 6.45) is 1.85. The van der Waals surface area contributed by atoms with E-state index in [4.69, 9.17) is 0 Å². The summed E-state index contributed by atoms with van der Waals surface area (Å²) in [6, 6.07) is 8.27. The summed E-state index contributed by atoms with van der Waals surface area (Å²) in [7, 11) is 0. The van der Waals surface area contributed by atoms with Crippen LogP contribution in [-0.2, 0) is 11.2 Å². The highest BCUT2D eigenvalue weighted by atomic mass is 32.1. The van der Waals surface area contributed by atoms with Crippen molar-refractivity contribution in [2.45, 2.75) is 39.2 Å². The van der Waals surface area contributed by atoms with Crippen LogP contribution in [0, 0.1) is 12.8 Å². The van der Waals surface area contributed by atoms with Gasteiger partial charge in [0.05, 0.1) is 18.2 Å². The molecule has 0 saturated carbocycles. The van der Waals surface area contributed by atoms with Gasteiger partial charge in [-0.05, 0) is 38.7 Å². The van der Waals surface area contributed by atoms with Gasteiger partial charge in [-0.3, -0.25) is 4.79 Å². The molecule has 0 radical (unpaired) electrons. The molecule has 1 unspecified atom stereocenters. The van der Waals surface area contributed by atoms with Crippen LogP contribution in [0.2, 0.25) is 0 Å². The largest absolute Gasteiger partial charge is 0.393 e. The first-order chi connectivity index (χ1) is 11.5. The Morgan fingerprint density at radius 1 is 1.42 bits per heavy atom. The molecule has 1 amide bonds. The van der Waals surface area contributed by atoms with E-state index in [9.17, 15) is 9.90 Å². The molecule has 1 N–H and O–H groups in total. The van der Waals surface area contributed by atoms with Crippen LogP contribution in [0.15, 0.2) is 29.6 Å². The van der Waals surface area contributed by atoms with Gasteiger partial charge in [-0.15, -0.1) is 11.3 Å². The highest BCUT2D eigenvalue weighted by Crippen LogP contribution is 2.25. The lowest BCUT2D eigenvalue weighted by Crippen LogP contribution is -2.41. The van der Waals surface area contributed by atoms with Crippen molar-refractivity contribution in [3.63, 3.8) is 0 Å². The number of aryl methyl sites for hydroxylation is 1. The molecule has 128 valence electrons. The van der Waals surface area contributed by atoms with Crippen molar-refractivity contribution in [1.29, 1.82) is 0 Å². The lowest BCUT2D eigenvalue weighted by molar-refractivity contribution is -0.132. The van der Waals surface area contributed by atoms with E-state index in [1.165, 1.54) is 5.56 Å². The minimum absolute atomic E-state index is 0.139. The molecule has 0 bridgehead atoms. The van der Waals surface area contributed by atoms with Crippen LogP contribution in [0.4, 0.5) is 0 Å². The quantitative estimate of drug-likeness (QED) is 0.926. The van der Waals surface area contributed by atoms with Crippen LogP contribution >= 0.6 is 11.3 Å². The Bertz CT molecular complexity index is 703. The molecule has 5 heteroatoms. The van der Waals surface area contributed by atoms with Gasteiger partial charge in [0.2, 0.25) is 5.91 Å². The van der Waals surface area contributed by atoms with Gasteiger partial charge >= 0.3 is 0 Å². The van der Waals surface area contributed by atoms with E-state index in [0.29, 0.717) is 12.3 Å². The van der Waals surface area contributed by atoms with Gasteiger partial charge in [0.25, 0.3) is 0 Å². The Labute approximate surface area is 147 Å². The third-order valence-corrected chi connectivity index (χ3v) is 5.66. The average Bonchev–Trinajstić information content (AvgIpc) is 3.03. The van der Waals surface area contributed by atoms with E-state index in [1.54, 1.807) is 11.3 Å². The van der Waals surface area contributed by atoms with Crippen LogP contribution in [0.3, 0.4) is 0 Å². The number of hydrogen-bond donors (Lipinski definition) is 1. The van der Waals surface area contributed by atoms with E-state index >= 15 is 0 Å². The predicted molar refractivity (Wildman–Crippen MR) is 97.0 cm³/mol.